The number of carboxylic acid groups (broad SMARTS) is 1. The molecule has 1 saturated heterocycles. The van der Waals surface area contributed by atoms with E-state index < -0.39 is 11.4 Å². The van der Waals surface area contributed by atoms with Gasteiger partial charge in [0.1, 0.15) is 6.10 Å². The predicted molar refractivity (Wildman–Crippen MR) is 60.5 cm³/mol. The fourth-order valence-corrected chi connectivity index (χ4v) is 2.67. The van der Waals surface area contributed by atoms with Gasteiger partial charge in [-0.1, -0.05) is 12.8 Å². The number of carbonyl (C=O) groups is 2. The minimum atomic E-state index is -0.789. The summed E-state index contributed by atoms with van der Waals surface area (Å²) in [5, 5.41) is 12.0. The van der Waals surface area contributed by atoms with E-state index >= 15 is 0 Å². The third kappa shape index (κ3) is 2.60. The summed E-state index contributed by atoms with van der Waals surface area (Å²) in [6.45, 7) is 0.864. The Hall–Kier alpha value is -1.10. The van der Waals surface area contributed by atoms with Gasteiger partial charge in [0.15, 0.2) is 0 Å². The molecule has 0 spiro atoms. The van der Waals surface area contributed by atoms with Crippen LogP contribution >= 0.6 is 0 Å². The van der Waals surface area contributed by atoms with Gasteiger partial charge in [0.2, 0.25) is 5.91 Å². The summed E-state index contributed by atoms with van der Waals surface area (Å²) in [6.07, 6.45) is 4.46. The monoisotopic (exact) mass is 241 g/mol. The number of carbonyl (C=O) groups excluding carboxylic acids is 1. The van der Waals surface area contributed by atoms with Gasteiger partial charge in [-0.3, -0.25) is 9.59 Å². The van der Waals surface area contributed by atoms with Crippen molar-refractivity contribution in [1.82, 2.24) is 5.32 Å². The predicted octanol–water partition coefficient (Wildman–Crippen LogP) is 0.927. The molecule has 0 bridgehead atoms. The molecule has 0 aromatic carbocycles. The zero-order chi connectivity index (χ0) is 12.3. The molecular formula is C12H19NO4. The zero-order valence-corrected chi connectivity index (χ0v) is 9.91. The van der Waals surface area contributed by atoms with Gasteiger partial charge < -0.3 is 15.2 Å². The van der Waals surface area contributed by atoms with Crippen LogP contribution in [0.5, 0.6) is 0 Å². The lowest BCUT2D eigenvalue weighted by Crippen LogP contribution is -2.44. The number of nitrogens with one attached hydrogen (secondary N) is 1. The molecule has 0 unspecified atom stereocenters. The Bertz CT molecular complexity index is 304. The van der Waals surface area contributed by atoms with E-state index in [2.05, 4.69) is 5.32 Å². The van der Waals surface area contributed by atoms with Crippen LogP contribution < -0.4 is 5.32 Å². The van der Waals surface area contributed by atoms with Gasteiger partial charge in [-0.15, -0.1) is 0 Å². The van der Waals surface area contributed by atoms with Crippen LogP contribution in [0.2, 0.25) is 0 Å². The van der Waals surface area contributed by atoms with Crippen molar-refractivity contribution in [2.75, 3.05) is 13.2 Å². The van der Waals surface area contributed by atoms with Gasteiger partial charge in [-0.2, -0.15) is 0 Å². The van der Waals surface area contributed by atoms with Gasteiger partial charge in [0.25, 0.3) is 0 Å². The van der Waals surface area contributed by atoms with Crippen LogP contribution in [0.1, 0.15) is 38.5 Å². The first-order chi connectivity index (χ1) is 8.14. The Balaban J connectivity index is 1.87. The van der Waals surface area contributed by atoms with Crippen LogP contribution in [-0.4, -0.2) is 36.2 Å². The van der Waals surface area contributed by atoms with Gasteiger partial charge >= 0.3 is 5.97 Å². The summed E-state index contributed by atoms with van der Waals surface area (Å²) in [4.78, 5) is 23.0. The Labute approximate surface area is 101 Å². The lowest BCUT2D eigenvalue weighted by Gasteiger charge is -2.24. The minimum Gasteiger partial charge on any atom is -0.481 e. The first kappa shape index (κ1) is 12.4. The number of carboxylic acids is 1. The average Bonchev–Trinajstić information content (AvgIpc) is 2.97. The van der Waals surface area contributed by atoms with Crippen LogP contribution in [0.15, 0.2) is 0 Å². The molecule has 2 rings (SSSR count). The number of ether oxygens (including phenoxy) is 1. The SMILES string of the molecule is O=C(NCC1(C(=O)O)CCCC1)[C@H]1CCCO1. The Morgan fingerprint density at radius 2 is 2.00 bits per heavy atom. The molecule has 0 aromatic heterocycles. The van der Waals surface area contributed by atoms with Crippen molar-refractivity contribution in [3.63, 3.8) is 0 Å². The van der Waals surface area contributed by atoms with Crippen molar-refractivity contribution in [2.45, 2.75) is 44.6 Å². The lowest BCUT2D eigenvalue weighted by atomic mass is 9.86. The number of rotatable bonds is 4. The first-order valence-corrected chi connectivity index (χ1v) is 6.27. The summed E-state index contributed by atoms with van der Waals surface area (Å²) in [6, 6.07) is 0. The molecule has 96 valence electrons. The van der Waals surface area contributed by atoms with E-state index in [-0.39, 0.29) is 18.6 Å². The Morgan fingerprint density at radius 1 is 1.29 bits per heavy atom. The quantitative estimate of drug-likeness (QED) is 0.767. The number of amides is 1. The molecule has 2 aliphatic rings. The van der Waals surface area contributed by atoms with Crippen LogP contribution in [-0.2, 0) is 14.3 Å². The van der Waals surface area contributed by atoms with Crippen LogP contribution in [0.3, 0.4) is 0 Å². The standard InChI is InChI=1S/C12H19NO4/c14-10(9-4-3-7-17-9)13-8-12(11(15)16)5-1-2-6-12/h9H,1-8H2,(H,13,14)(H,15,16)/t9-/m1/s1. The van der Waals surface area contributed by atoms with Crippen molar-refractivity contribution in [1.29, 1.82) is 0 Å². The summed E-state index contributed by atoms with van der Waals surface area (Å²) in [7, 11) is 0. The summed E-state index contributed by atoms with van der Waals surface area (Å²) in [5.74, 6) is -0.947. The average molecular weight is 241 g/mol. The third-order valence-corrected chi connectivity index (χ3v) is 3.84. The van der Waals surface area contributed by atoms with Gasteiger partial charge in [0, 0.05) is 13.2 Å². The number of hydrogen-bond donors (Lipinski definition) is 2. The van der Waals surface area contributed by atoms with Crippen molar-refractivity contribution < 1.29 is 19.4 Å². The summed E-state index contributed by atoms with van der Waals surface area (Å²) < 4.78 is 5.26. The summed E-state index contributed by atoms with van der Waals surface area (Å²) in [5.41, 5.74) is -0.742. The molecule has 2 N–H and O–H groups in total. The van der Waals surface area contributed by atoms with Gasteiger partial charge in [0.05, 0.1) is 5.41 Å². The van der Waals surface area contributed by atoms with E-state index in [9.17, 15) is 14.7 Å². The second-order valence-electron chi connectivity index (χ2n) is 5.01. The van der Waals surface area contributed by atoms with Crippen molar-refractivity contribution in [2.24, 2.45) is 5.41 Å². The molecule has 5 heteroatoms. The molecule has 17 heavy (non-hydrogen) atoms. The van der Waals surface area contributed by atoms with E-state index in [1.807, 2.05) is 0 Å². The number of aliphatic carboxylic acids is 1. The molecular weight excluding hydrogens is 222 g/mol. The molecule has 0 aromatic rings. The van der Waals surface area contributed by atoms with Gasteiger partial charge in [-0.05, 0) is 25.7 Å². The third-order valence-electron chi connectivity index (χ3n) is 3.84. The highest BCUT2D eigenvalue weighted by Crippen LogP contribution is 2.37. The maximum Gasteiger partial charge on any atom is 0.311 e. The molecule has 0 radical (unpaired) electrons. The first-order valence-electron chi connectivity index (χ1n) is 6.27. The van der Waals surface area contributed by atoms with Crippen molar-refractivity contribution in [3.8, 4) is 0 Å². The largest absolute Gasteiger partial charge is 0.481 e. The molecule has 1 aliphatic heterocycles. The van der Waals surface area contributed by atoms with E-state index in [0.717, 1.165) is 25.7 Å². The zero-order valence-electron chi connectivity index (χ0n) is 9.91. The fraction of sp³-hybridized carbons (Fsp3) is 0.833. The topological polar surface area (TPSA) is 75.6 Å². The van der Waals surface area contributed by atoms with E-state index in [1.54, 1.807) is 0 Å². The second-order valence-corrected chi connectivity index (χ2v) is 5.01. The summed E-state index contributed by atoms with van der Waals surface area (Å²) >= 11 is 0. The Kier molecular flexibility index (Phi) is 3.66. The van der Waals surface area contributed by atoms with Crippen molar-refractivity contribution >= 4 is 11.9 Å². The van der Waals surface area contributed by atoms with Crippen LogP contribution in [0.4, 0.5) is 0 Å². The Morgan fingerprint density at radius 3 is 2.53 bits per heavy atom. The maximum absolute atomic E-state index is 11.7. The van der Waals surface area contributed by atoms with E-state index in [1.165, 1.54) is 0 Å². The minimum absolute atomic E-state index is 0.157. The van der Waals surface area contributed by atoms with E-state index in [0.29, 0.717) is 19.4 Å². The molecule has 1 saturated carbocycles. The molecule has 1 amide bonds. The highest BCUT2D eigenvalue weighted by atomic mass is 16.5. The molecule has 1 aliphatic carbocycles. The number of hydrogen-bond acceptors (Lipinski definition) is 3. The molecule has 2 fully saturated rings. The van der Waals surface area contributed by atoms with Crippen molar-refractivity contribution in [3.05, 3.63) is 0 Å². The normalized spacial score (nSPS) is 26.9. The molecule has 1 atom stereocenters. The van der Waals surface area contributed by atoms with Gasteiger partial charge in [-0.25, -0.2) is 0 Å². The van der Waals surface area contributed by atoms with E-state index in [4.69, 9.17) is 4.74 Å². The van der Waals surface area contributed by atoms with Crippen LogP contribution in [0.25, 0.3) is 0 Å². The highest BCUT2D eigenvalue weighted by Gasteiger charge is 2.41. The smallest absolute Gasteiger partial charge is 0.311 e. The van der Waals surface area contributed by atoms with Crippen LogP contribution in [0, 0.1) is 5.41 Å². The molecule has 5 nitrogen and oxygen atoms in total. The highest BCUT2D eigenvalue weighted by molar-refractivity contribution is 5.82. The molecule has 1 heterocycles. The second kappa shape index (κ2) is 5.04. The maximum atomic E-state index is 11.7. The lowest BCUT2D eigenvalue weighted by molar-refractivity contribution is -0.148. The fourth-order valence-electron chi connectivity index (χ4n) is 2.67.